The minimum atomic E-state index is -1.38. The second-order valence-corrected chi connectivity index (χ2v) is 4.38. The number of amides is 1. The quantitative estimate of drug-likeness (QED) is 0.454. The van der Waals surface area contributed by atoms with E-state index < -0.39 is 23.8 Å². The highest BCUT2D eigenvalue weighted by Crippen LogP contribution is 2.19. The molecule has 23 heavy (non-hydrogen) atoms. The molecule has 0 unspecified atom stereocenters. The number of benzene rings is 2. The Balaban J connectivity index is 2.22. The maximum absolute atomic E-state index is 12.9. The van der Waals surface area contributed by atoms with Crippen LogP contribution in [0, 0.1) is 5.82 Å². The van der Waals surface area contributed by atoms with E-state index in [0.29, 0.717) is 0 Å². The molecule has 118 valence electrons. The highest BCUT2D eigenvalue weighted by molar-refractivity contribution is 6.07. The van der Waals surface area contributed by atoms with Crippen LogP contribution in [-0.2, 0) is 4.74 Å². The van der Waals surface area contributed by atoms with Crippen molar-refractivity contribution in [2.45, 2.75) is 0 Å². The Labute approximate surface area is 129 Å². The summed E-state index contributed by atoms with van der Waals surface area (Å²) in [6, 6.07) is 8.60. The highest BCUT2D eigenvalue weighted by Gasteiger charge is 2.20. The third-order valence-corrected chi connectivity index (χ3v) is 2.81. The number of nitrogens with two attached hydrogens (primary N) is 1. The lowest BCUT2D eigenvalue weighted by atomic mass is 10.1. The van der Waals surface area contributed by atoms with Gasteiger partial charge in [-0.05, 0) is 30.3 Å². The third kappa shape index (κ3) is 3.82. The van der Waals surface area contributed by atoms with E-state index in [0.717, 1.165) is 18.2 Å². The van der Waals surface area contributed by atoms with Gasteiger partial charge in [-0.2, -0.15) is 0 Å². The zero-order valence-corrected chi connectivity index (χ0v) is 11.6. The average Bonchev–Trinajstić information content (AvgIpc) is 2.46. The Morgan fingerprint density at radius 1 is 1.04 bits per heavy atom. The lowest BCUT2D eigenvalue weighted by molar-refractivity contribution is 0.0399. The topological polar surface area (TPSA) is 119 Å². The minimum Gasteiger partial charge on any atom is -0.465 e. The van der Waals surface area contributed by atoms with E-state index in [1.54, 1.807) is 0 Å². The molecule has 1 amide bonds. The van der Waals surface area contributed by atoms with Crippen molar-refractivity contribution in [2.24, 2.45) is 0 Å². The van der Waals surface area contributed by atoms with Gasteiger partial charge in [-0.3, -0.25) is 5.32 Å². The first-order valence-corrected chi connectivity index (χ1v) is 6.29. The summed E-state index contributed by atoms with van der Waals surface area (Å²) in [5, 5.41) is 10.7. The van der Waals surface area contributed by atoms with Gasteiger partial charge in [0.05, 0.1) is 16.8 Å². The molecule has 0 aliphatic rings. The first-order valence-electron chi connectivity index (χ1n) is 6.29. The standard InChI is InChI=1S/C15H11FN2O5/c16-8-5-6-9(11(17)7-8)13(19)23-14(20)10-3-1-2-4-12(10)18-15(21)22/h1-7,18H,17H2,(H,21,22). The van der Waals surface area contributed by atoms with Crippen molar-refractivity contribution in [1.82, 2.24) is 0 Å². The van der Waals surface area contributed by atoms with Gasteiger partial charge in [-0.1, -0.05) is 12.1 Å². The van der Waals surface area contributed by atoms with Gasteiger partial charge in [-0.15, -0.1) is 0 Å². The van der Waals surface area contributed by atoms with E-state index in [9.17, 15) is 18.8 Å². The molecular weight excluding hydrogens is 307 g/mol. The number of carboxylic acid groups (broad SMARTS) is 1. The number of nitrogens with one attached hydrogen (secondary N) is 1. The molecule has 7 nitrogen and oxygen atoms in total. The number of nitrogen functional groups attached to an aromatic ring is 1. The minimum absolute atomic E-state index is 0.0371. The predicted octanol–water partition coefficient (Wildman–Crippen LogP) is 2.50. The normalized spacial score (nSPS) is 9.96. The first-order chi connectivity index (χ1) is 10.9. The van der Waals surface area contributed by atoms with E-state index in [2.05, 4.69) is 4.74 Å². The maximum atomic E-state index is 12.9. The molecule has 2 aromatic rings. The maximum Gasteiger partial charge on any atom is 0.409 e. The highest BCUT2D eigenvalue weighted by atomic mass is 19.1. The van der Waals surface area contributed by atoms with Gasteiger partial charge in [0, 0.05) is 5.69 Å². The monoisotopic (exact) mass is 318 g/mol. The molecule has 0 fully saturated rings. The molecule has 0 atom stereocenters. The van der Waals surface area contributed by atoms with Crippen LogP contribution in [0.25, 0.3) is 0 Å². The van der Waals surface area contributed by atoms with E-state index in [4.69, 9.17) is 10.8 Å². The Morgan fingerprint density at radius 3 is 2.35 bits per heavy atom. The zero-order chi connectivity index (χ0) is 17.0. The molecule has 8 heteroatoms. The largest absolute Gasteiger partial charge is 0.465 e. The molecule has 2 rings (SSSR count). The van der Waals surface area contributed by atoms with Crippen LogP contribution in [0.4, 0.5) is 20.6 Å². The molecule has 0 aromatic heterocycles. The SMILES string of the molecule is Nc1cc(F)ccc1C(=O)OC(=O)c1ccccc1NC(=O)O. The molecule has 0 spiro atoms. The molecule has 0 aliphatic heterocycles. The molecule has 0 saturated heterocycles. The van der Waals surface area contributed by atoms with Crippen molar-refractivity contribution >= 4 is 29.4 Å². The number of anilines is 2. The second kappa shape index (κ2) is 6.56. The molecule has 0 bridgehead atoms. The summed E-state index contributed by atoms with van der Waals surface area (Å²) in [4.78, 5) is 34.6. The fourth-order valence-corrected chi connectivity index (χ4v) is 1.80. The molecule has 2 aromatic carbocycles. The summed E-state index contributed by atoms with van der Waals surface area (Å²) in [7, 11) is 0. The number of para-hydroxylation sites is 1. The van der Waals surface area contributed by atoms with Gasteiger partial charge in [0.2, 0.25) is 0 Å². The third-order valence-electron chi connectivity index (χ3n) is 2.81. The van der Waals surface area contributed by atoms with E-state index >= 15 is 0 Å². The summed E-state index contributed by atoms with van der Waals surface area (Å²) in [6.07, 6.45) is -1.38. The number of hydrogen-bond donors (Lipinski definition) is 3. The van der Waals surface area contributed by atoms with Gasteiger partial charge in [0.15, 0.2) is 0 Å². The van der Waals surface area contributed by atoms with Crippen LogP contribution in [-0.4, -0.2) is 23.1 Å². The van der Waals surface area contributed by atoms with Crippen molar-refractivity contribution in [3.63, 3.8) is 0 Å². The average molecular weight is 318 g/mol. The van der Waals surface area contributed by atoms with Gasteiger partial charge in [0.25, 0.3) is 0 Å². The Bertz CT molecular complexity index is 791. The second-order valence-electron chi connectivity index (χ2n) is 4.38. The number of ether oxygens (including phenoxy) is 1. The van der Waals surface area contributed by atoms with Crippen molar-refractivity contribution in [1.29, 1.82) is 0 Å². The molecule has 0 radical (unpaired) electrons. The van der Waals surface area contributed by atoms with Gasteiger partial charge in [0.1, 0.15) is 5.82 Å². The van der Waals surface area contributed by atoms with Gasteiger partial charge >= 0.3 is 18.0 Å². The first kappa shape index (κ1) is 16.0. The van der Waals surface area contributed by atoms with Crippen LogP contribution in [0.15, 0.2) is 42.5 Å². The number of hydrogen-bond acceptors (Lipinski definition) is 5. The van der Waals surface area contributed by atoms with Crippen molar-refractivity contribution < 1.29 is 28.6 Å². The molecule has 4 N–H and O–H groups in total. The number of carbonyl (C=O) groups is 3. The Hall–Kier alpha value is -3.42. The summed E-state index contributed by atoms with van der Waals surface area (Å²) < 4.78 is 17.6. The van der Waals surface area contributed by atoms with Crippen LogP contribution >= 0.6 is 0 Å². The fraction of sp³-hybridized carbons (Fsp3) is 0. The number of halogens is 1. The van der Waals surface area contributed by atoms with Crippen LogP contribution in [0.1, 0.15) is 20.7 Å². The van der Waals surface area contributed by atoms with E-state index in [1.807, 2.05) is 5.32 Å². The summed E-state index contributed by atoms with van der Waals surface area (Å²) in [5.41, 5.74) is 4.95. The lowest BCUT2D eigenvalue weighted by Gasteiger charge is -2.09. The van der Waals surface area contributed by atoms with Crippen LogP contribution in [0.2, 0.25) is 0 Å². The van der Waals surface area contributed by atoms with Crippen molar-refractivity contribution in [3.05, 3.63) is 59.4 Å². The van der Waals surface area contributed by atoms with Gasteiger partial charge < -0.3 is 15.6 Å². The van der Waals surface area contributed by atoms with Crippen LogP contribution < -0.4 is 11.1 Å². The lowest BCUT2D eigenvalue weighted by Crippen LogP contribution is -2.17. The zero-order valence-electron chi connectivity index (χ0n) is 11.6. The molecule has 0 aliphatic carbocycles. The Morgan fingerprint density at radius 2 is 1.70 bits per heavy atom. The predicted molar refractivity (Wildman–Crippen MR) is 78.6 cm³/mol. The van der Waals surface area contributed by atoms with E-state index in [-0.39, 0.29) is 22.5 Å². The molecular formula is C15H11FN2O5. The Kier molecular flexibility index (Phi) is 4.55. The molecule has 0 heterocycles. The number of esters is 2. The molecule has 0 saturated carbocycles. The number of rotatable bonds is 3. The van der Waals surface area contributed by atoms with Crippen molar-refractivity contribution in [3.8, 4) is 0 Å². The van der Waals surface area contributed by atoms with Crippen LogP contribution in [0.3, 0.4) is 0 Å². The van der Waals surface area contributed by atoms with Crippen molar-refractivity contribution in [2.75, 3.05) is 11.1 Å². The summed E-state index contributed by atoms with van der Waals surface area (Å²) in [5.74, 6) is -2.78. The van der Waals surface area contributed by atoms with E-state index in [1.165, 1.54) is 24.3 Å². The smallest absolute Gasteiger partial charge is 0.409 e. The fourth-order valence-electron chi connectivity index (χ4n) is 1.80. The number of carbonyl (C=O) groups excluding carboxylic acids is 2. The summed E-state index contributed by atoms with van der Waals surface area (Å²) in [6.45, 7) is 0. The summed E-state index contributed by atoms with van der Waals surface area (Å²) >= 11 is 0. The van der Waals surface area contributed by atoms with Crippen LogP contribution in [0.5, 0.6) is 0 Å². The van der Waals surface area contributed by atoms with Gasteiger partial charge in [-0.25, -0.2) is 18.8 Å².